The maximum absolute atomic E-state index is 11.6. The van der Waals surface area contributed by atoms with Crippen molar-refractivity contribution in [2.75, 3.05) is 5.73 Å². The van der Waals surface area contributed by atoms with E-state index in [1.165, 1.54) is 0 Å². The van der Waals surface area contributed by atoms with E-state index in [1.54, 1.807) is 27.7 Å². The number of anilines is 1. The van der Waals surface area contributed by atoms with Gasteiger partial charge < -0.3 is 15.0 Å². The summed E-state index contributed by atoms with van der Waals surface area (Å²) in [5.41, 5.74) is 5.53. The maximum atomic E-state index is 11.6. The summed E-state index contributed by atoms with van der Waals surface area (Å²) in [4.78, 5) is 11.6. The summed E-state index contributed by atoms with van der Waals surface area (Å²) in [6, 6.07) is 0. The van der Waals surface area contributed by atoms with Crippen LogP contribution in [0.2, 0.25) is 0 Å². The highest BCUT2D eigenvalue weighted by Crippen LogP contribution is 2.19. The molecule has 0 saturated heterocycles. The topological polar surface area (TPSA) is 78.4 Å². The number of nitrogen functional groups attached to an aromatic ring is 1. The Labute approximate surface area is 82.2 Å². The minimum Gasteiger partial charge on any atom is -0.456 e. The van der Waals surface area contributed by atoms with Gasteiger partial charge in [-0.05, 0) is 27.7 Å². The van der Waals surface area contributed by atoms with E-state index in [1.807, 2.05) is 0 Å². The minimum absolute atomic E-state index is 0.00301. The third-order valence-electron chi connectivity index (χ3n) is 1.49. The zero-order valence-corrected chi connectivity index (χ0v) is 8.75. The second kappa shape index (κ2) is 3.32. The summed E-state index contributed by atoms with van der Waals surface area (Å²) >= 11 is 0. The van der Waals surface area contributed by atoms with E-state index < -0.39 is 11.6 Å². The molecule has 5 nitrogen and oxygen atoms in total. The number of aromatic nitrogens is 1. The number of ether oxygens (including phenoxy) is 1. The fourth-order valence-electron chi connectivity index (χ4n) is 0.965. The highest BCUT2D eigenvalue weighted by Gasteiger charge is 2.24. The Balaban J connectivity index is 2.90. The molecule has 0 aromatic carbocycles. The summed E-state index contributed by atoms with van der Waals surface area (Å²) in [6.07, 6.45) is 0. The van der Waals surface area contributed by atoms with Gasteiger partial charge in [-0.3, -0.25) is 0 Å². The van der Waals surface area contributed by atoms with Gasteiger partial charge in [0.2, 0.25) is 5.88 Å². The van der Waals surface area contributed by atoms with Crippen LogP contribution in [0.25, 0.3) is 0 Å². The summed E-state index contributed by atoms with van der Waals surface area (Å²) in [5.74, 6) is -0.509. The Hall–Kier alpha value is -1.52. The van der Waals surface area contributed by atoms with Crippen LogP contribution < -0.4 is 5.73 Å². The average molecular weight is 198 g/mol. The summed E-state index contributed by atoms with van der Waals surface area (Å²) in [6.45, 7) is 6.98. The lowest BCUT2D eigenvalue weighted by Crippen LogP contribution is -2.24. The molecule has 14 heavy (non-hydrogen) atoms. The SMILES string of the molecule is Cc1noc(N)c1C(=O)OC(C)(C)C. The molecule has 1 aromatic heterocycles. The molecule has 0 fully saturated rings. The van der Waals surface area contributed by atoms with Gasteiger partial charge in [0.15, 0.2) is 0 Å². The predicted octanol–water partition coefficient (Wildman–Crippen LogP) is 1.52. The Morgan fingerprint density at radius 3 is 2.43 bits per heavy atom. The van der Waals surface area contributed by atoms with E-state index >= 15 is 0 Å². The lowest BCUT2D eigenvalue weighted by atomic mass is 10.2. The van der Waals surface area contributed by atoms with Gasteiger partial charge >= 0.3 is 5.97 Å². The molecule has 78 valence electrons. The van der Waals surface area contributed by atoms with Crippen molar-refractivity contribution in [3.05, 3.63) is 11.3 Å². The van der Waals surface area contributed by atoms with Crippen LogP contribution in [0.1, 0.15) is 36.8 Å². The molecule has 1 heterocycles. The van der Waals surface area contributed by atoms with Crippen molar-refractivity contribution in [1.29, 1.82) is 0 Å². The number of esters is 1. The second-order valence-corrected chi connectivity index (χ2v) is 4.01. The first-order valence-corrected chi connectivity index (χ1v) is 4.26. The third kappa shape index (κ3) is 2.25. The average Bonchev–Trinajstić information content (AvgIpc) is 2.27. The van der Waals surface area contributed by atoms with Crippen LogP contribution in [0.5, 0.6) is 0 Å². The predicted molar refractivity (Wildman–Crippen MR) is 50.8 cm³/mol. The standard InChI is InChI=1S/C9H14N2O3/c1-5-6(7(10)14-11-5)8(12)13-9(2,3)4/h10H2,1-4H3. The summed E-state index contributed by atoms with van der Waals surface area (Å²) in [5, 5.41) is 3.57. The van der Waals surface area contributed by atoms with Crippen LogP contribution in [-0.2, 0) is 4.74 Å². The number of rotatable bonds is 1. The summed E-state index contributed by atoms with van der Waals surface area (Å²) in [7, 11) is 0. The van der Waals surface area contributed by atoms with Crippen molar-refractivity contribution in [1.82, 2.24) is 5.16 Å². The van der Waals surface area contributed by atoms with Crippen LogP contribution in [0.4, 0.5) is 5.88 Å². The largest absolute Gasteiger partial charge is 0.456 e. The van der Waals surface area contributed by atoms with E-state index in [9.17, 15) is 4.79 Å². The molecule has 0 atom stereocenters. The first kappa shape index (κ1) is 10.6. The molecule has 1 rings (SSSR count). The molecule has 0 aliphatic rings. The molecule has 1 aromatic rings. The Morgan fingerprint density at radius 2 is 2.07 bits per heavy atom. The van der Waals surface area contributed by atoms with Crippen molar-refractivity contribution in [2.45, 2.75) is 33.3 Å². The Bertz CT molecular complexity index is 330. The monoisotopic (exact) mass is 198 g/mol. The number of hydrogen-bond acceptors (Lipinski definition) is 5. The van der Waals surface area contributed by atoms with Crippen LogP contribution in [0.15, 0.2) is 4.52 Å². The number of hydrogen-bond donors (Lipinski definition) is 1. The van der Waals surface area contributed by atoms with Gasteiger partial charge in [-0.15, -0.1) is 0 Å². The molecule has 0 aliphatic carbocycles. The number of nitrogens with zero attached hydrogens (tertiary/aromatic N) is 1. The van der Waals surface area contributed by atoms with E-state index in [2.05, 4.69) is 9.68 Å². The van der Waals surface area contributed by atoms with Crippen molar-refractivity contribution < 1.29 is 14.1 Å². The molecule has 0 aliphatic heterocycles. The van der Waals surface area contributed by atoms with Crippen molar-refractivity contribution in [3.8, 4) is 0 Å². The summed E-state index contributed by atoms with van der Waals surface area (Å²) < 4.78 is 9.78. The zero-order chi connectivity index (χ0) is 10.9. The van der Waals surface area contributed by atoms with E-state index in [0.717, 1.165) is 0 Å². The fourth-order valence-corrected chi connectivity index (χ4v) is 0.965. The van der Waals surface area contributed by atoms with Gasteiger partial charge in [0, 0.05) is 0 Å². The van der Waals surface area contributed by atoms with Gasteiger partial charge in [-0.1, -0.05) is 5.16 Å². The lowest BCUT2D eigenvalue weighted by molar-refractivity contribution is 0.00697. The lowest BCUT2D eigenvalue weighted by Gasteiger charge is -2.18. The van der Waals surface area contributed by atoms with Gasteiger partial charge in [-0.25, -0.2) is 4.79 Å². The van der Waals surface area contributed by atoms with Crippen molar-refractivity contribution >= 4 is 11.9 Å². The number of nitrogens with two attached hydrogens (primary N) is 1. The van der Waals surface area contributed by atoms with Crippen LogP contribution in [0, 0.1) is 6.92 Å². The van der Waals surface area contributed by atoms with Crippen LogP contribution in [0.3, 0.4) is 0 Å². The van der Waals surface area contributed by atoms with Crippen LogP contribution in [-0.4, -0.2) is 16.7 Å². The highest BCUT2D eigenvalue weighted by atomic mass is 16.6. The molecule has 2 N–H and O–H groups in total. The van der Waals surface area contributed by atoms with E-state index in [4.69, 9.17) is 10.5 Å². The van der Waals surface area contributed by atoms with E-state index in [-0.39, 0.29) is 11.4 Å². The highest BCUT2D eigenvalue weighted by molar-refractivity contribution is 5.95. The number of carbonyl (C=O) groups excluding carboxylic acids is 1. The molecular weight excluding hydrogens is 184 g/mol. The normalized spacial score (nSPS) is 11.4. The van der Waals surface area contributed by atoms with Gasteiger partial charge in [0.05, 0.1) is 5.69 Å². The fraction of sp³-hybridized carbons (Fsp3) is 0.556. The molecule has 0 bridgehead atoms. The van der Waals surface area contributed by atoms with Crippen molar-refractivity contribution in [3.63, 3.8) is 0 Å². The van der Waals surface area contributed by atoms with E-state index in [0.29, 0.717) is 5.69 Å². The maximum Gasteiger partial charge on any atom is 0.346 e. The second-order valence-electron chi connectivity index (χ2n) is 4.01. The smallest absolute Gasteiger partial charge is 0.346 e. The number of carbonyl (C=O) groups is 1. The molecule has 0 radical (unpaired) electrons. The Kier molecular flexibility index (Phi) is 2.51. The molecule has 0 spiro atoms. The first-order chi connectivity index (χ1) is 6.31. The molecule has 0 unspecified atom stereocenters. The minimum atomic E-state index is -0.548. The van der Waals surface area contributed by atoms with Gasteiger partial charge in [-0.2, -0.15) is 0 Å². The van der Waals surface area contributed by atoms with Crippen LogP contribution >= 0.6 is 0 Å². The molecular formula is C9H14N2O3. The Morgan fingerprint density at radius 1 is 1.50 bits per heavy atom. The van der Waals surface area contributed by atoms with Gasteiger partial charge in [0.1, 0.15) is 11.2 Å². The quantitative estimate of drug-likeness (QED) is 0.692. The number of aryl methyl sites for hydroxylation is 1. The van der Waals surface area contributed by atoms with Gasteiger partial charge in [0.25, 0.3) is 0 Å². The molecule has 5 heteroatoms. The molecule has 0 saturated carbocycles. The third-order valence-corrected chi connectivity index (χ3v) is 1.49. The first-order valence-electron chi connectivity index (χ1n) is 4.26. The van der Waals surface area contributed by atoms with Crippen molar-refractivity contribution in [2.24, 2.45) is 0 Å². The molecule has 0 amide bonds. The zero-order valence-electron chi connectivity index (χ0n) is 8.75.